The van der Waals surface area contributed by atoms with Crippen LogP contribution in [0.1, 0.15) is 31.2 Å². The number of nitrogens with zero attached hydrogens (tertiary/aromatic N) is 1. The lowest BCUT2D eigenvalue weighted by molar-refractivity contribution is -0.142. The van der Waals surface area contributed by atoms with Gasteiger partial charge in [-0.05, 0) is 44.0 Å². The molecule has 0 bridgehead atoms. The molecule has 2 unspecified atom stereocenters. The lowest BCUT2D eigenvalue weighted by Crippen LogP contribution is -2.38. The third-order valence-electron chi connectivity index (χ3n) is 5.64. The van der Waals surface area contributed by atoms with Crippen molar-refractivity contribution < 1.29 is 19.1 Å². The van der Waals surface area contributed by atoms with E-state index < -0.39 is 5.91 Å². The number of hydrogen-bond acceptors (Lipinski definition) is 4. The fraction of sp³-hybridized carbons (Fsp3) is 0.348. The number of imide groups is 1. The van der Waals surface area contributed by atoms with E-state index in [1.54, 1.807) is 18.2 Å². The van der Waals surface area contributed by atoms with Crippen LogP contribution in [0.3, 0.4) is 0 Å². The number of anilines is 1. The van der Waals surface area contributed by atoms with E-state index in [0.717, 1.165) is 36.1 Å². The number of rotatable bonds is 5. The maximum Gasteiger partial charge on any atom is 0.244 e. The van der Waals surface area contributed by atoms with Crippen LogP contribution in [0.2, 0.25) is 0 Å². The number of nitrogens with one attached hydrogen (secondary N) is 1. The van der Waals surface area contributed by atoms with E-state index in [1.165, 1.54) is 0 Å². The SMILES string of the molecule is Cc1ccc(Oc2ccccc2NC(=O)CN2C(=O)C3CCCCC3C2=O)cc1. The first kappa shape index (κ1) is 19.2. The Morgan fingerprint density at radius 1 is 1.00 bits per heavy atom. The van der Waals surface area contributed by atoms with Gasteiger partial charge in [0.05, 0.1) is 17.5 Å². The first-order valence-corrected chi connectivity index (χ1v) is 10.0. The second-order valence-corrected chi connectivity index (χ2v) is 7.72. The molecule has 6 heteroatoms. The molecule has 0 aromatic heterocycles. The number of ether oxygens (including phenoxy) is 1. The van der Waals surface area contributed by atoms with Crippen molar-refractivity contribution in [1.82, 2.24) is 4.90 Å². The summed E-state index contributed by atoms with van der Waals surface area (Å²) in [4.78, 5) is 38.9. The third-order valence-corrected chi connectivity index (χ3v) is 5.64. The largest absolute Gasteiger partial charge is 0.455 e. The smallest absolute Gasteiger partial charge is 0.244 e. The van der Waals surface area contributed by atoms with E-state index in [4.69, 9.17) is 4.74 Å². The van der Waals surface area contributed by atoms with E-state index in [9.17, 15) is 14.4 Å². The van der Waals surface area contributed by atoms with Gasteiger partial charge in [-0.1, -0.05) is 42.7 Å². The Morgan fingerprint density at radius 3 is 2.28 bits per heavy atom. The maximum absolute atomic E-state index is 12.6. The van der Waals surface area contributed by atoms with Crippen molar-refractivity contribution in [3.8, 4) is 11.5 Å². The van der Waals surface area contributed by atoms with Crippen molar-refractivity contribution in [2.24, 2.45) is 11.8 Å². The predicted molar refractivity (Wildman–Crippen MR) is 108 cm³/mol. The Hall–Kier alpha value is -3.15. The summed E-state index contributed by atoms with van der Waals surface area (Å²) in [6.07, 6.45) is 3.40. The van der Waals surface area contributed by atoms with E-state index in [0.29, 0.717) is 17.2 Å². The molecule has 29 heavy (non-hydrogen) atoms. The molecule has 2 aliphatic rings. The maximum atomic E-state index is 12.6. The standard InChI is InChI=1S/C23H24N2O4/c1-15-10-12-16(13-11-15)29-20-9-5-4-8-19(20)24-21(26)14-25-22(27)17-6-2-3-7-18(17)23(25)28/h4-5,8-13,17-18H,2-3,6-7,14H2,1H3,(H,24,26). The molecule has 4 rings (SSSR count). The Bertz CT molecular complexity index is 914. The highest BCUT2D eigenvalue weighted by atomic mass is 16.5. The molecule has 6 nitrogen and oxygen atoms in total. The third kappa shape index (κ3) is 4.01. The minimum atomic E-state index is -0.412. The summed E-state index contributed by atoms with van der Waals surface area (Å²) in [7, 11) is 0. The van der Waals surface area contributed by atoms with Crippen molar-refractivity contribution in [2.45, 2.75) is 32.6 Å². The zero-order valence-corrected chi connectivity index (χ0v) is 16.4. The molecule has 1 aliphatic carbocycles. The fourth-order valence-corrected chi connectivity index (χ4v) is 4.11. The first-order chi connectivity index (χ1) is 14.0. The van der Waals surface area contributed by atoms with Crippen molar-refractivity contribution in [3.63, 3.8) is 0 Å². The van der Waals surface area contributed by atoms with Crippen molar-refractivity contribution in [1.29, 1.82) is 0 Å². The number of para-hydroxylation sites is 2. The summed E-state index contributed by atoms with van der Waals surface area (Å²) in [5, 5.41) is 2.78. The number of amides is 3. The Labute approximate surface area is 169 Å². The van der Waals surface area contributed by atoms with Gasteiger partial charge in [0, 0.05) is 0 Å². The molecule has 1 saturated carbocycles. The van der Waals surface area contributed by atoms with Crippen LogP contribution in [0.5, 0.6) is 11.5 Å². The monoisotopic (exact) mass is 392 g/mol. The summed E-state index contributed by atoms with van der Waals surface area (Å²) in [5.74, 6) is -0.172. The number of aryl methyl sites for hydroxylation is 1. The Balaban J connectivity index is 1.44. The lowest BCUT2D eigenvalue weighted by atomic mass is 9.81. The van der Waals surface area contributed by atoms with Gasteiger partial charge >= 0.3 is 0 Å². The average molecular weight is 392 g/mol. The zero-order valence-electron chi connectivity index (χ0n) is 16.4. The summed E-state index contributed by atoms with van der Waals surface area (Å²) in [6.45, 7) is 1.73. The Kier molecular flexibility index (Phi) is 5.34. The number of carbonyl (C=O) groups is 3. The molecule has 2 atom stereocenters. The van der Waals surface area contributed by atoms with Crippen LogP contribution in [-0.4, -0.2) is 29.2 Å². The highest BCUT2D eigenvalue weighted by Gasteiger charge is 2.48. The van der Waals surface area contributed by atoms with Gasteiger partial charge in [-0.25, -0.2) is 0 Å². The quantitative estimate of drug-likeness (QED) is 0.783. The molecule has 3 amide bonds. The van der Waals surface area contributed by atoms with Gasteiger partial charge in [0.15, 0.2) is 5.75 Å². The predicted octanol–water partition coefficient (Wildman–Crippen LogP) is 3.90. The van der Waals surface area contributed by atoms with Crippen molar-refractivity contribution in [3.05, 3.63) is 54.1 Å². The van der Waals surface area contributed by atoms with Crippen LogP contribution in [0.25, 0.3) is 0 Å². The molecule has 1 aliphatic heterocycles. The highest BCUT2D eigenvalue weighted by Crippen LogP contribution is 2.38. The van der Waals surface area contributed by atoms with Gasteiger partial charge in [0.25, 0.3) is 0 Å². The van der Waals surface area contributed by atoms with Gasteiger partial charge in [-0.15, -0.1) is 0 Å². The summed E-state index contributed by atoms with van der Waals surface area (Å²) >= 11 is 0. The van der Waals surface area contributed by atoms with Crippen LogP contribution < -0.4 is 10.1 Å². The number of fused-ring (bicyclic) bond motifs is 1. The second-order valence-electron chi connectivity index (χ2n) is 7.72. The summed E-state index contributed by atoms with van der Waals surface area (Å²) in [5.41, 5.74) is 1.62. The molecule has 150 valence electrons. The normalized spacial score (nSPS) is 21.1. The number of hydrogen-bond donors (Lipinski definition) is 1. The molecule has 1 N–H and O–H groups in total. The highest BCUT2D eigenvalue weighted by molar-refractivity contribution is 6.08. The topological polar surface area (TPSA) is 75.7 Å². The van der Waals surface area contributed by atoms with E-state index in [1.807, 2.05) is 37.3 Å². The number of carbonyl (C=O) groups excluding carboxylic acids is 3. The van der Waals surface area contributed by atoms with Crippen LogP contribution in [-0.2, 0) is 14.4 Å². The molecule has 2 aromatic carbocycles. The second kappa shape index (κ2) is 8.07. The van der Waals surface area contributed by atoms with Crippen molar-refractivity contribution >= 4 is 23.4 Å². The Morgan fingerprint density at radius 2 is 1.62 bits per heavy atom. The number of likely N-dealkylation sites (tertiary alicyclic amines) is 1. The fourth-order valence-electron chi connectivity index (χ4n) is 4.11. The van der Waals surface area contributed by atoms with Crippen LogP contribution in [0, 0.1) is 18.8 Å². The minimum absolute atomic E-state index is 0.209. The average Bonchev–Trinajstić information content (AvgIpc) is 2.96. The van der Waals surface area contributed by atoms with E-state index >= 15 is 0 Å². The van der Waals surface area contributed by atoms with Crippen molar-refractivity contribution in [2.75, 3.05) is 11.9 Å². The van der Waals surface area contributed by atoms with Gasteiger partial charge in [-0.3, -0.25) is 19.3 Å². The molecule has 2 fully saturated rings. The van der Waals surface area contributed by atoms with Crippen LogP contribution in [0.15, 0.2) is 48.5 Å². The molecule has 0 spiro atoms. The summed E-state index contributed by atoms with van der Waals surface area (Å²) in [6, 6.07) is 14.7. The first-order valence-electron chi connectivity index (χ1n) is 10.0. The molecular formula is C23H24N2O4. The molecule has 0 radical (unpaired) electrons. The lowest BCUT2D eigenvalue weighted by Gasteiger charge is -2.19. The van der Waals surface area contributed by atoms with Gasteiger partial charge in [-0.2, -0.15) is 0 Å². The molecule has 2 aromatic rings. The summed E-state index contributed by atoms with van der Waals surface area (Å²) < 4.78 is 5.89. The van der Waals surface area contributed by atoms with Gasteiger partial charge in [0.2, 0.25) is 17.7 Å². The molecular weight excluding hydrogens is 368 g/mol. The van der Waals surface area contributed by atoms with Crippen LogP contribution >= 0.6 is 0 Å². The molecule has 1 heterocycles. The van der Waals surface area contributed by atoms with Gasteiger partial charge < -0.3 is 10.1 Å². The molecule has 1 saturated heterocycles. The van der Waals surface area contributed by atoms with E-state index in [-0.39, 0.29) is 30.2 Å². The van der Waals surface area contributed by atoms with E-state index in [2.05, 4.69) is 5.32 Å². The van der Waals surface area contributed by atoms with Crippen LogP contribution in [0.4, 0.5) is 5.69 Å². The number of benzene rings is 2. The zero-order chi connectivity index (χ0) is 20.4. The van der Waals surface area contributed by atoms with Gasteiger partial charge in [0.1, 0.15) is 12.3 Å². The minimum Gasteiger partial charge on any atom is -0.455 e.